The molecule has 3 aromatic carbocycles. The summed E-state index contributed by atoms with van der Waals surface area (Å²) in [7, 11) is 0. The number of aromatic amines is 1. The Morgan fingerprint density at radius 3 is 2.72 bits per heavy atom. The van der Waals surface area contributed by atoms with E-state index < -0.39 is 6.10 Å². The molecule has 0 radical (unpaired) electrons. The maximum absolute atomic E-state index is 12.0. The van der Waals surface area contributed by atoms with Crippen molar-refractivity contribution in [3.8, 4) is 0 Å². The summed E-state index contributed by atoms with van der Waals surface area (Å²) in [5, 5.41) is 10.7. The van der Waals surface area contributed by atoms with Gasteiger partial charge in [0.05, 0.1) is 11.0 Å². The summed E-state index contributed by atoms with van der Waals surface area (Å²) in [5.41, 5.74) is 7.85. The van der Waals surface area contributed by atoms with Gasteiger partial charge in [-0.05, 0) is 53.3 Å². The molecule has 1 fully saturated rings. The zero-order valence-corrected chi connectivity index (χ0v) is 19.9. The van der Waals surface area contributed by atoms with Crippen LogP contribution in [0.2, 0.25) is 0 Å². The van der Waals surface area contributed by atoms with Gasteiger partial charge in [0.1, 0.15) is 11.9 Å². The van der Waals surface area contributed by atoms with Crippen LogP contribution >= 0.6 is 0 Å². The van der Waals surface area contributed by atoms with Gasteiger partial charge in [-0.3, -0.25) is 4.79 Å². The molecule has 1 aliphatic rings. The van der Waals surface area contributed by atoms with Crippen molar-refractivity contribution in [1.29, 1.82) is 0 Å². The first-order chi connectivity index (χ1) is 17.6. The van der Waals surface area contributed by atoms with Gasteiger partial charge >= 0.3 is 0 Å². The molecule has 2 heterocycles. The first-order valence-electron chi connectivity index (χ1n) is 12.2. The predicted molar refractivity (Wildman–Crippen MR) is 138 cm³/mol. The molecule has 7 nitrogen and oxygen atoms in total. The second kappa shape index (κ2) is 11.3. The Labute approximate surface area is 209 Å². The number of aliphatic hydroxyl groups excluding tert-OH is 1. The van der Waals surface area contributed by atoms with Crippen LogP contribution in [0, 0.1) is 0 Å². The summed E-state index contributed by atoms with van der Waals surface area (Å²) in [6.07, 6.45) is 5.63. The number of rotatable bonds is 8. The van der Waals surface area contributed by atoms with Crippen LogP contribution in [0.1, 0.15) is 53.4 Å². The molecule has 5 rings (SSSR count). The largest absolute Gasteiger partial charge is 0.384 e. The summed E-state index contributed by atoms with van der Waals surface area (Å²) < 4.78 is 5.43. The average molecular weight is 484 g/mol. The minimum absolute atomic E-state index is 0.327. The van der Waals surface area contributed by atoms with Crippen LogP contribution in [0.15, 0.2) is 78.9 Å². The highest BCUT2D eigenvalue weighted by atomic mass is 16.8. The van der Waals surface area contributed by atoms with E-state index in [1.165, 1.54) is 6.08 Å². The minimum Gasteiger partial charge on any atom is -0.384 e. The number of fused-ring (bicyclic) bond motifs is 1. The molecule has 2 atom stereocenters. The molecule has 1 aliphatic heterocycles. The second-order valence-electron chi connectivity index (χ2n) is 8.91. The smallest absolute Gasteiger partial charge is 0.267 e. The van der Waals surface area contributed by atoms with Crippen molar-refractivity contribution < 1.29 is 19.5 Å². The standard InChI is InChI=1S/C29H29N3O4/c33-27(32-36-28-8-4-5-17-35-28)16-13-20-9-11-21(12-10-20)18-26-30-24-15-14-23(19-25(24)31-26)29(34)22-6-2-1-3-7-22/h1-3,6-7,9-16,19,28-29,34H,4-5,8,17-18H2,(H,30,31)(H,32,33). The lowest BCUT2D eigenvalue weighted by Gasteiger charge is -2.21. The minimum atomic E-state index is -0.683. The van der Waals surface area contributed by atoms with E-state index in [1.807, 2.05) is 72.8 Å². The van der Waals surface area contributed by atoms with Gasteiger partial charge in [0.25, 0.3) is 5.91 Å². The highest BCUT2D eigenvalue weighted by Gasteiger charge is 2.15. The average Bonchev–Trinajstić information content (AvgIpc) is 3.33. The lowest BCUT2D eigenvalue weighted by molar-refractivity contribution is -0.198. The topological polar surface area (TPSA) is 96.5 Å². The molecule has 1 aromatic heterocycles. The first-order valence-corrected chi connectivity index (χ1v) is 12.2. The second-order valence-corrected chi connectivity index (χ2v) is 8.91. The third-order valence-electron chi connectivity index (χ3n) is 6.19. The van der Waals surface area contributed by atoms with E-state index in [4.69, 9.17) is 14.6 Å². The van der Waals surface area contributed by atoms with Crippen LogP contribution in [0.25, 0.3) is 17.1 Å². The van der Waals surface area contributed by atoms with Gasteiger partial charge in [-0.1, -0.05) is 60.7 Å². The number of benzene rings is 3. The van der Waals surface area contributed by atoms with E-state index in [0.717, 1.165) is 58.4 Å². The Morgan fingerprint density at radius 1 is 1.11 bits per heavy atom. The Morgan fingerprint density at radius 2 is 1.94 bits per heavy atom. The third-order valence-corrected chi connectivity index (χ3v) is 6.19. The lowest BCUT2D eigenvalue weighted by Crippen LogP contribution is -2.32. The number of H-pyrrole nitrogens is 1. The van der Waals surface area contributed by atoms with E-state index >= 15 is 0 Å². The van der Waals surface area contributed by atoms with Crippen molar-refractivity contribution in [2.24, 2.45) is 0 Å². The van der Waals surface area contributed by atoms with E-state index in [0.29, 0.717) is 13.0 Å². The number of carbonyl (C=O) groups excluding carboxylic acids is 1. The van der Waals surface area contributed by atoms with Crippen LogP contribution in [0.4, 0.5) is 0 Å². The number of ether oxygens (including phenoxy) is 1. The summed E-state index contributed by atoms with van der Waals surface area (Å²) in [4.78, 5) is 25.3. The summed E-state index contributed by atoms with van der Waals surface area (Å²) >= 11 is 0. The van der Waals surface area contributed by atoms with Crippen LogP contribution in [0.5, 0.6) is 0 Å². The number of imidazole rings is 1. The fourth-order valence-electron chi connectivity index (χ4n) is 4.24. The molecule has 1 amide bonds. The highest BCUT2D eigenvalue weighted by molar-refractivity contribution is 5.90. The maximum atomic E-state index is 12.0. The molecule has 1 saturated heterocycles. The number of nitrogens with zero attached hydrogens (tertiary/aromatic N) is 1. The van der Waals surface area contributed by atoms with Gasteiger partial charge in [-0.15, -0.1) is 0 Å². The van der Waals surface area contributed by atoms with Crippen molar-refractivity contribution in [2.75, 3.05) is 6.61 Å². The van der Waals surface area contributed by atoms with Crippen LogP contribution in [-0.2, 0) is 20.8 Å². The third kappa shape index (κ3) is 6.07. The molecular weight excluding hydrogens is 454 g/mol. The van der Waals surface area contributed by atoms with E-state index in [2.05, 4.69) is 10.5 Å². The normalized spacial score (nSPS) is 16.9. The van der Waals surface area contributed by atoms with Crippen LogP contribution in [-0.4, -0.2) is 33.9 Å². The Kier molecular flexibility index (Phi) is 7.52. The number of aliphatic hydroxyl groups is 1. The Bertz CT molecular complexity index is 1330. The van der Waals surface area contributed by atoms with Crippen molar-refractivity contribution >= 4 is 23.0 Å². The number of carbonyl (C=O) groups is 1. The van der Waals surface area contributed by atoms with E-state index in [9.17, 15) is 9.90 Å². The number of hydroxylamine groups is 1. The Balaban J connectivity index is 1.18. The molecule has 4 aromatic rings. The fraction of sp³-hybridized carbons (Fsp3) is 0.241. The molecule has 36 heavy (non-hydrogen) atoms. The number of hydrogen-bond acceptors (Lipinski definition) is 5. The first kappa shape index (κ1) is 23.9. The van der Waals surface area contributed by atoms with Gasteiger partial charge < -0.3 is 14.8 Å². The monoisotopic (exact) mass is 483 g/mol. The van der Waals surface area contributed by atoms with E-state index in [1.54, 1.807) is 6.08 Å². The number of aromatic nitrogens is 2. The SMILES string of the molecule is O=C(C=Cc1ccc(Cc2nc3ccc(C(O)c4ccccc4)cc3[nH]2)cc1)NOC1CCCCO1. The Hall–Kier alpha value is -3.78. The lowest BCUT2D eigenvalue weighted by atomic mass is 10.0. The van der Waals surface area contributed by atoms with Crippen molar-refractivity contribution in [1.82, 2.24) is 15.4 Å². The number of nitrogens with one attached hydrogen (secondary N) is 2. The maximum Gasteiger partial charge on any atom is 0.267 e. The molecule has 3 N–H and O–H groups in total. The summed E-state index contributed by atoms with van der Waals surface area (Å²) in [6.45, 7) is 0.662. The molecule has 0 saturated carbocycles. The summed E-state index contributed by atoms with van der Waals surface area (Å²) in [6, 6.07) is 23.3. The predicted octanol–water partition coefficient (Wildman–Crippen LogP) is 4.82. The molecule has 0 bridgehead atoms. The summed E-state index contributed by atoms with van der Waals surface area (Å²) in [5.74, 6) is 0.522. The number of amides is 1. The molecular formula is C29H29N3O4. The zero-order chi connectivity index (χ0) is 24.7. The molecule has 0 aliphatic carbocycles. The van der Waals surface area contributed by atoms with Gasteiger partial charge in [-0.25, -0.2) is 15.3 Å². The van der Waals surface area contributed by atoms with Gasteiger partial charge in [0.15, 0.2) is 6.29 Å². The zero-order valence-electron chi connectivity index (χ0n) is 19.9. The fourth-order valence-corrected chi connectivity index (χ4v) is 4.24. The van der Waals surface area contributed by atoms with Gasteiger partial charge in [0, 0.05) is 25.5 Å². The van der Waals surface area contributed by atoms with Crippen molar-refractivity contribution in [3.63, 3.8) is 0 Å². The van der Waals surface area contributed by atoms with Crippen molar-refractivity contribution in [2.45, 2.75) is 38.1 Å². The van der Waals surface area contributed by atoms with Gasteiger partial charge in [0.2, 0.25) is 0 Å². The van der Waals surface area contributed by atoms with Crippen LogP contribution in [0.3, 0.4) is 0 Å². The number of hydrogen-bond donors (Lipinski definition) is 3. The quantitative estimate of drug-likeness (QED) is 0.247. The van der Waals surface area contributed by atoms with Gasteiger partial charge in [-0.2, -0.15) is 0 Å². The van der Waals surface area contributed by atoms with Crippen LogP contribution < -0.4 is 5.48 Å². The van der Waals surface area contributed by atoms with E-state index in [-0.39, 0.29) is 12.2 Å². The highest BCUT2D eigenvalue weighted by Crippen LogP contribution is 2.25. The molecule has 2 unspecified atom stereocenters. The molecule has 184 valence electrons. The molecule has 0 spiro atoms. The van der Waals surface area contributed by atoms with Crippen molar-refractivity contribution in [3.05, 3.63) is 107 Å². The molecule has 7 heteroatoms.